The smallest absolute Gasteiger partial charge is 0.262 e. The lowest BCUT2D eigenvalue weighted by atomic mass is 10.0. The van der Waals surface area contributed by atoms with Crippen molar-refractivity contribution in [2.45, 2.75) is 13.0 Å². The van der Waals surface area contributed by atoms with Crippen molar-refractivity contribution in [3.8, 4) is 0 Å². The lowest BCUT2D eigenvalue weighted by Gasteiger charge is -2.18. The number of aromatic nitrogens is 2. The van der Waals surface area contributed by atoms with Crippen LogP contribution in [-0.4, -0.2) is 15.7 Å². The van der Waals surface area contributed by atoms with Crippen LogP contribution in [0, 0.1) is 6.92 Å². The van der Waals surface area contributed by atoms with Gasteiger partial charge >= 0.3 is 0 Å². The van der Waals surface area contributed by atoms with E-state index >= 15 is 0 Å². The molecule has 4 aromatic rings. The van der Waals surface area contributed by atoms with Gasteiger partial charge in [-0.1, -0.05) is 23.7 Å². The Labute approximate surface area is 164 Å². The van der Waals surface area contributed by atoms with E-state index < -0.39 is 0 Å². The quantitative estimate of drug-likeness (QED) is 0.512. The molecular weight excluding hydrogens is 386 g/mol. The van der Waals surface area contributed by atoms with Crippen molar-refractivity contribution in [1.82, 2.24) is 15.1 Å². The highest BCUT2D eigenvalue weighted by molar-refractivity contribution is 7.20. The Hall–Kier alpha value is -2.15. The van der Waals surface area contributed by atoms with Crippen molar-refractivity contribution in [3.05, 3.63) is 73.9 Å². The average molecular weight is 402 g/mol. The molecule has 1 N–H and O–H groups in total. The summed E-state index contributed by atoms with van der Waals surface area (Å²) in [5, 5.41) is 13.3. The van der Waals surface area contributed by atoms with Crippen LogP contribution in [-0.2, 0) is 7.05 Å². The van der Waals surface area contributed by atoms with Crippen LogP contribution in [0.4, 0.5) is 0 Å². The zero-order chi connectivity index (χ0) is 18.3. The highest BCUT2D eigenvalue weighted by Gasteiger charge is 2.21. The molecule has 4 nitrogen and oxygen atoms in total. The van der Waals surface area contributed by atoms with E-state index in [2.05, 4.69) is 15.8 Å². The first-order valence-corrected chi connectivity index (χ1v) is 10.2. The molecule has 0 bridgehead atoms. The summed E-state index contributed by atoms with van der Waals surface area (Å²) in [6.45, 7) is 1.96. The Morgan fingerprint density at radius 3 is 2.65 bits per heavy atom. The number of rotatable bonds is 4. The molecule has 1 unspecified atom stereocenters. The number of hydrogen-bond acceptors (Lipinski definition) is 4. The third-order valence-electron chi connectivity index (χ3n) is 4.28. The van der Waals surface area contributed by atoms with Gasteiger partial charge in [-0.2, -0.15) is 16.4 Å². The van der Waals surface area contributed by atoms with Crippen molar-refractivity contribution in [3.63, 3.8) is 0 Å². The molecule has 1 atom stereocenters. The van der Waals surface area contributed by atoms with Crippen LogP contribution in [0.2, 0.25) is 5.02 Å². The van der Waals surface area contributed by atoms with Gasteiger partial charge in [0.15, 0.2) is 0 Å². The fraction of sp³-hybridized carbons (Fsp3) is 0.158. The van der Waals surface area contributed by atoms with E-state index in [0.717, 1.165) is 27.0 Å². The zero-order valence-corrected chi connectivity index (χ0v) is 16.6. The average Bonchev–Trinajstić information content (AvgIpc) is 3.34. The SMILES string of the molecule is Cc1nn(C)c2sc(C(=O)NC(c3ccc(Cl)cc3)c3ccsc3)cc12. The van der Waals surface area contributed by atoms with Gasteiger partial charge in [0.05, 0.1) is 16.6 Å². The van der Waals surface area contributed by atoms with Gasteiger partial charge in [0.2, 0.25) is 0 Å². The second-order valence-electron chi connectivity index (χ2n) is 6.05. The van der Waals surface area contributed by atoms with Crippen LogP contribution >= 0.6 is 34.3 Å². The minimum absolute atomic E-state index is 0.0863. The minimum Gasteiger partial charge on any atom is -0.340 e. The third kappa shape index (κ3) is 3.16. The molecule has 0 aliphatic carbocycles. The van der Waals surface area contributed by atoms with Crippen LogP contribution in [0.15, 0.2) is 47.2 Å². The van der Waals surface area contributed by atoms with E-state index in [4.69, 9.17) is 11.6 Å². The molecule has 0 saturated carbocycles. The second-order valence-corrected chi connectivity index (χ2v) is 8.30. The maximum atomic E-state index is 12.9. The van der Waals surface area contributed by atoms with E-state index in [9.17, 15) is 4.79 Å². The normalized spacial score (nSPS) is 12.4. The Morgan fingerprint density at radius 2 is 2.00 bits per heavy atom. The summed E-state index contributed by atoms with van der Waals surface area (Å²) in [4.78, 5) is 14.6. The first kappa shape index (κ1) is 17.3. The zero-order valence-electron chi connectivity index (χ0n) is 14.2. The van der Waals surface area contributed by atoms with Crippen molar-refractivity contribution in [2.75, 3.05) is 0 Å². The molecular formula is C19H16ClN3OS2. The standard InChI is InChI=1S/C19H16ClN3OS2/c1-11-15-9-16(26-19(15)23(2)22-11)18(24)21-17(13-7-8-25-10-13)12-3-5-14(20)6-4-12/h3-10,17H,1-2H3,(H,21,24). The van der Waals surface area contributed by atoms with Crippen molar-refractivity contribution >= 4 is 50.4 Å². The highest BCUT2D eigenvalue weighted by atomic mass is 35.5. The van der Waals surface area contributed by atoms with Crippen molar-refractivity contribution in [2.24, 2.45) is 7.05 Å². The molecule has 4 rings (SSSR count). The number of benzene rings is 1. The number of amides is 1. The van der Waals surface area contributed by atoms with Crippen molar-refractivity contribution < 1.29 is 4.79 Å². The van der Waals surface area contributed by atoms with Crippen LogP contribution in [0.5, 0.6) is 0 Å². The van der Waals surface area contributed by atoms with Crippen molar-refractivity contribution in [1.29, 1.82) is 0 Å². The predicted octanol–water partition coefficient (Wildman–Crippen LogP) is 5.18. The number of carbonyl (C=O) groups excluding carboxylic acids is 1. The Bertz CT molecular complexity index is 1030. The second kappa shape index (κ2) is 6.87. The molecule has 0 saturated heterocycles. The molecule has 26 heavy (non-hydrogen) atoms. The van der Waals surface area contributed by atoms with E-state index in [1.165, 1.54) is 11.3 Å². The van der Waals surface area contributed by atoms with Gasteiger partial charge < -0.3 is 5.32 Å². The van der Waals surface area contributed by atoms with E-state index in [1.54, 1.807) is 11.3 Å². The van der Waals surface area contributed by atoms with Gasteiger partial charge in [-0.15, -0.1) is 11.3 Å². The van der Waals surface area contributed by atoms with Crippen LogP contribution in [0.1, 0.15) is 32.5 Å². The van der Waals surface area contributed by atoms with Crippen LogP contribution in [0.25, 0.3) is 10.2 Å². The number of carbonyl (C=O) groups is 1. The van der Waals surface area contributed by atoms with Gasteiger partial charge in [-0.25, -0.2) is 0 Å². The Balaban J connectivity index is 1.67. The first-order chi connectivity index (χ1) is 12.5. The van der Waals surface area contributed by atoms with Gasteiger partial charge in [-0.05, 0) is 53.1 Å². The minimum atomic E-state index is -0.213. The van der Waals surface area contributed by atoms with Gasteiger partial charge in [0.1, 0.15) is 4.83 Å². The van der Waals surface area contributed by atoms with Gasteiger partial charge in [0.25, 0.3) is 5.91 Å². The number of nitrogens with zero attached hydrogens (tertiary/aromatic N) is 2. The highest BCUT2D eigenvalue weighted by Crippen LogP contribution is 2.30. The lowest BCUT2D eigenvalue weighted by Crippen LogP contribution is -2.28. The van der Waals surface area contributed by atoms with Gasteiger partial charge in [-0.3, -0.25) is 9.48 Å². The summed E-state index contributed by atoms with van der Waals surface area (Å²) < 4.78 is 1.82. The maximum Gasteiger partial charge on any atom is 0.262 e. The summed E-state index contributed by atoms with van der Waals surface area (Å²) in [7, 11) is 1.90. The topological polar surface area (TPSA) is 46.9 Å². The molecule has 7 heteroatoms. The first-order valence-electron chi connectivity index (χ1n) is 8.04. The summed E-state index contributed by atoms with van der Waals surface area (Å²) >= 11 is 9.08. The molecule has 1 aromatic carbocycles. The number of nitrogens with one attached hydrogen (secondary N) is 1. The van der Waals surface area contributed by atoms with Crippen LogP contribution in [0.3, 0.4) is 0 Å². The number of thiophene rings is 2. The molecule has 0 aliphatic heterocycles. The third-order valence-corrected chi connectivity index (χ3v) is 6.43. The fourth-order valence-electron chi connectivity index (χ4n) is 2.97. The van der Waals surface area contributed by atoms with Crippen LogP contribution < -0.4 is 5.32 Å². The molecule has 3 heterocycles. The number of hydrogen-bond donors (Lipinski definition) is 1. The molecule has 3 aromatic heterocycles. The monoisotopic (exact) mass is 401 g/mol. The molecule has 1 amide bonds. The summed E-state index contributed by atoms with van der Waals surface area (Å²) in [5.74, 6) is -0.0863. The van der Waals surface area contributed by atoms with Gasteiger partial charge in [0, 0.05) is 17.5 Å². The predicted molar refractivity (Wildman–Crippen MR) is 108 cm³/mol. The van der Waals surface area contributed by atoms with E-state index in [0.29, 0.717) is 9.90 Å². The maximum absolute atomic E-state index is 12.9. The number of halogens is 1. The molecule has 0 radical (unpaired) electrons. The Morgan fingerprint density at radius 1 is 1.23 bits per heavy atom. The number of aryl methyl sites for hydroxylation is 2. The lowest BCUT2D eigenvalue weighted by molar-refractivity contribution is 0.0947. The molecule has 0 fully saturated rings. The number of fused-ring (bicyclic) bond motifs is 1. The molecule has 0 aliphatic rings. The Kier molecular flexibility index (Phi) is 4.56. The van der Waals surface area contributed by atoms with E-state index in [-0.39, 0.29) is 11.9 Å². The summed E-state index contributed by atoms with van der Waals surface area (Å²) in [6.07, 6.45) is 0. The molecule has 132 valence electrons. The van der Waals surface area contributed by atoms with E-state index in [1.807, 2.05) is 60.4 Å². The molecule has 0 spiro atoms. The largest absolute Gasteiger partial charge is 0.340 e. The summed E-state index contributed by atoms with van der Waals surface area (Å²) in [6, 6.07) is 11.3. The summed E-state index contributed by atoms with van der Waals surface area (Å²) in [5.41, 5.74) is 3.00. The fourth-order valence-corrected chi connectivity index (χ4v) is 4.81.